The number of benzene rings is 1. The van der Waals surface area contributed by atoms with Crippen LogP contribution in [0.5, 0.6) is 0 Å². The van der Waals surface area contributed by atoms with Crippen molar-refractivity contribution in [2.45, 2.75) is 46.1 Å². The van der Waals surface area contributed by atoms with E-state index in [1.807, 2.05) is 19.1 Å². The molecule has 0 radical (unpaired) electrons. The second-order valence-electron chi connectivity index (χ2n) is 6.04. The molecule has 1 aliphatic carbocycles. The van der Waals surface area contributed by atoms with E-state index in [9.17, 15) is 10.1 Å². The molecular formula is C15H22N2O2. The third-order valence-corrected chi connectivity index (χ3v) is 3.89. The van der Waals surface area contributed by atoms with E-state index in [-0.39, 0.29) is 10.6 Å². The zero-order valence-corrected chi connectivity index (χ0v) is 11.8. The van der Waals surface area contributed by atoms with Gasteiger partial charge in [-0.3, -0.25) is 10.1 Å². The number of aryl methyl sites for hydroxylation is 1. The highest BCUT2D eigenvalue weighted by Crippen LogP contribution is 2.33. The number of hydrogen-bond donors (Lipinski definition) is 1. The van der Waals surface area contributed by atoms with Crippen molar-refractivity contribution in [1.29, 1.82) is 0 Å². The number of nitro benzene ring substituents is 1. The van der Waals surface area contributed by atoms with Crippen LogP contribution < -0.4 is 5.32 Å². The number of hydrogen-bond acceptors (Lipinski definition) is 3. The van der Waals surface area contributed by atoms with E-state index in [1.165, 1.54) is 6.42 Å². The van der Waals surface area contributed by atoms with E-state index in [2.05, 4.69) is 19.2 Å². The van der Waals surface area contributed by atoms with Crippen LogP contribution in [-0.4, -0.2) is 11.0 Å². The monoisotopic (exact) mass is 262 g/mol. The van der Waals surface area contributed by atoms with Crippen LogP contribution in [0.2, 0.25) is 0 Å². The van der Waals surface area contributed by atoms with Crippen molar-refractivity contribution >= 4 is 11.4 Å². The molecule has 0 heterocycles. The molecule has 4 heteroatoms. The second kappa shape index (κ2) is 5.59. The van der Waals surface area contributed by atoms with E-state index in [4.69, 9.17) is 0 Å². The van der Waals surface area contributed by atoms with E-state index in [0.29, 0.717) is 23.6 Å². The molecule has 1 aliphatic rings. The molecule has 0 spiro atoms. The first-order valence-electron chi connectivity index (χ1n) is 6.97. The Morgan fingerprint density at radius 2 is 1.84 bits per heavy atom. The molecular weight excluding hydrogens is 240 g/mol. The van der Waals surface area contributed by atoms with Crippen LogP contribution in [0.4, 0.5) is 11.4 Å². The van der Waals surface area contributed by atoms with E-state index in [1.54, 1.807) is 6.07 Å². The second-order valence-corrected chi connectivity index (χ2v) is 6.04. The SMILES string of the molecule is Cc1ccc(NC2CC(C)CC(C)C2)c([N+](=O)[O-])c1. The van der Waals surface area contributed by atoms with Gasteiger partial charge < -0.3 is 5.32 Å². The van der Waals surface area contributed by atoms with Crippen LogP contribution in [0.25, 0.3) is 0 Å². The lowest BCUT2D eigenvalue weighted by molar-refractivity contribution is -0.384. The van der Waals surface area contributed by atoms with Gasteiger partial charge in [-0.2, -0.15) is 0 Å². The Balaban J connectivity index is 2.16. The van der Waals surface area contributed by atoms with Crippen molar-refractivity contribution in [3.8, 4) is 0 Å². The molecule has 0 aliphatic heterocycles. The smallest absolute Gasteiger partial charge is 0.292 e. The number of nitro groups is 1. The highest BCUT2D eigenvalue weighted by molar-refractivity contribution is 5.63. The molecule has 0 bridgehead atoms. The number of nitrogens with one attached hydrogen (secondary N) is 1. The molecule has 1 saturated carbocycles. The van der Waals surface area contributed by atoms with Crippen molar-refractivity contribution in [3.05, 3.63) is 33.9 Å². The summed E-state index contributed by atoms with van der Waals surface area (Å²) in [4.78, 5) is 10.8. The van der Waals surface area contributed by atoms with Gasteiger partial charge in [0.05, 0.1) is 4.92 Å². The fraction of sp³-hybridized carbons (Fsp3) is 0.600. The van der Waals surface area contributed by atoms with E-state index < -0.39 is 0 Å². The third kappa shape index (κ3) is 3.46. The van der Waals surface area contributed by atoms with Crippen molar-refractivity contribution < 1.29 is 4.92 Å². The normalized spacial score (nSPS) is 27.0. The standard InChI is InChI=1S/C15H22N2O2/c1-10-4-5-14(15(9-10)17(18)19)16-13-7-11(2)6-12(3)8-13/h4-5,9,11-13,16H,6-8H2,1-3H3. The minimum atomic E-state index is -0.301. The van der Waals surface area contributed by atoms with Gasteiger partial charge in [-0.05, 0) is 49.7 Å². The Hall–Kier alpha value is -1.58. The maximum atomic E-state index is 11.1. The third-order valence-electron chi connectivity index (χ3n) is 3.89. The zero-order valence-electron chi connectivity index (χ0n) is 11.8. The van der Waals surface area contributed by atoms with Gasteiger partial charge in [0.25, 0.3) is 5.69 Å². The summed E-state index contributed by atoms with van der Waals surface area (Å²) in [5, 5.41) is 14.5. The molecule has 1 aromatic rings. The van der Waals surface area contributed by atoms with Crippen LogP contribution in [0, 0.1) is 28.9 Å². The molecule has 0 amide bonds. The summed E-state index contributed by atoms with van der Waals surface area (Å²) in [7, 11) is 0. The molecule has 1 fully saturated rings. The number of anilines is 1. The maximum Gasteiger partial charge on any atom is 0.292 e. The van der Waals surface area contributed by atoms with Crippen LogP contribution in [0.3, 0.4) is 0 Å². The average Bonchev–Trinajstić information content (AvgIpc) is 2.30. The summed E-state index contributed by atoms with van der Waals surface area (Å²) in [6.07, 6.45) is 3.44. The van der Waals surface area contributed by atoms with E-state index in [0.717, 1.165) is 18.4 Å². The van der Waals surface area contributed by atoms with Crippen molar-refractivity contribution in [1.82, 2.24) is 0 Å². The molecule has 1 N–H and O–H groups in total. The maximum absolute atomic E-state index is 11.1. The minimum absolute atomic E-state index is 0.186. The molecule has 2 rings (SSSR count). The van der Waals surface area contributed by atoms with Crippen molar-refractivity contribution in [2.75, 3.05) is 5.32 Å². The van der Waals surface area contributed by atoms with E-state index >= 15 is 0 Å². The van der Waals surface area contributed by atoms with Gasteiger partial charge in [-0.25, -0.2) is 0 Å². The first kappa shape index (κ1) is 13.8. The first-order chi connectivity index (χ1) is 8.95. The van der Waals surface area contributed by atoms with Gasteiger partial charge in [0.2, 0.25) is 0 Å². The molecule has 19 heavy (non-hydrogen) atoms. The molecule has 2 unspecified atom stereocenters. The van der Waals surface area contributed by atoms with Gasteiger partial charge in [-0.1, -0.05) is 19.9 Å². The van der Waals surface area contributed by atoms with Crippen LogP contribution in [0.15, 0.2) is 18.2 Å². The molecule has 4 nitrogen and oxygen atoms in total. The molecule has 0 aromatic heterocycles. The summed E-state index contributed by atoms with van der Waals surface area (Å²) in [6.45, 7) is 6.39. The highest BCUT2D eigenvalue weighted by atomic mass is 16.6. The topological polar surface area (TPSA) is 55.2 Å². The molecule has 1 aromatic carbocycles. The number of nitrogens with zero attached hydrogens (tertiary/aromatic N) is 1. The van der Waals surface area contributed by atoms with Gasteiger partial charge in [0.15, 0.2) is 0 Å². The van der Waals surface area contributed by atoms with Gasteiger partial charge in [-0.15, -0.1) is 0 Å². The Morgan fingerprint density at radius 1 is 1.21 bits per heavy atom. The zero-order chi connectivity index (χ0) is 14.0. The fourth-order valence-corrected chi connectivity index (χ4v) is 3.20. The predicted molar refractivity (Wildman–Crippen MR) is 77.4 cm³/mol. The summed E-state index contributed by atoms with van der Waals surface area (Å²) < 4.78 is 0. The Bertz CT molecular complexity index is 463. The lowest BCUT2D eigenvalue weighted by Crippen LogP contribution is -2.30. The summed E-state index contributed by atoms with van der Waals surface area (Å²) in [5.41, 5.74) is 1.76. The van der Waals surface area contributed by atoms with Crippen molar-refractivity contribution in [2.24, 2.45) is 11.8 Å². The summed E-state index contributed by atoms with van der Waals surface area (Å²) >= 11 is 0. The lowest BCUT2D eigenvalue weighted by Gasteiger charge is -2.32. The molecule has 0 saturated heterocycles. The Labute approximate surface area is 114 Å². The van der Waals surface area contributed by atoms with Crippen molar-refractivity contribution in [3.63, 3.8) is 0 Å². The van der Waals surface area contributed by atoms with Gasteiger partial charge in [0.1, 0.15) is 5.69 Å². The Kier molecular flexibility index (Phi) is 4.08. The van der Waals surface area contributed by atoms with Gasteiger partial charge >= 0.3 is 0 Å². The largest absolute Gasteiger partial charge is 0.377 e. The average molecular weight is 262 g/mol. The fourth-order valence-electron chi connectivity index (χ4n) is 3.20. The first-order valence-corrected chi connectivity index (χ1v) is 6.97. The molecule has 104 valence electrons. The van der Waals surface area contributed by atoms with Crippen LogP contribution in [-0.2, 0) is 0 Å². The Morgan fingerprint density at radius 3 is 2.42 bits per heavy atom. The van der Waals surface area contributed by atoms with Crippen LogP contribution >= 0.6 is 0 Å². The summed E-state index contributed by atoms with van der Waals surface area (Å²) in [5.74, 6) is 1.37. The summed E-state index contributed by atoms with van der Waals surface area (Å²) in [6, 6.07) is 5.74. The highest BCUT2D eigenvalue weighted by Gasteiger charge is 2.25. The predicted octanol–water partition coefficient (Wildman–Crippen LogP) is 4.14. The quantitative estimate of drug-likeness (QED) is 0.658. The molecule has 2 atom stereocenters. The minimum Gasteiger partial charge on any atom is -0.377 e. The lowest BCUT2D eigenvalue weighted by atomic mass is 9.80. The van der Waals surface area contributed by atoms with Crippen LogP contribution in [0.1, 0.15) is 38.7 Å². The number of rotatable bonds is 3. The van der Waals surface area contributed by atoms with Gasteiger partial charge in [0, 0.05) is 12.1 Å².